The van der Waals surface area contributed by atoms with Crippen LogP contribution < -0.4 is 5.01 Å². The lowest BCUT2D eigenvalue weighted by atomic mass is 10.1. The van der Waals surface area contributed by atoms with E-state index >= 15 is 0 Å². The largest absolute Gasteiger partial charge is 0.251 e. The van der Waals surface area contributed by atoms with Gasteiger partial charge in [-0.15, -0.1) is 0 Å². The quantitative estimate of drug-likeness (QED) is 0.619. The Labute approximate surface area is 131 Å². The normalized spacial score (nSPS) is 14.5. The van der Waals surface area contributed by atoms with Crippen LogP contribution in [-0.4, -0.2) is 16.2 Å². The molecule has 1 aromatic heterocycles. The van der Waals surface area contributed by atoms with Crippen molar-refractivity contribution in [3.63, 3.8) is 0 Å². The molecule has 4 heteroatoms. The molecule has 4 nitrogen and oxygen atoms in total. The lowest BCUT2D eigenvalue weighted by molar-refractivity contribution is 0.907. The molecule has 2 aromatic rings. The van der Waals surface area contributed by atoms with Crippen LogP contribution in [0, 0.1) is 20.8 Å². The van der Waals surface area contributed by atoms with Crippen molar-refractivity contribution in [2.45, 2.75) is 46.5 Å². The maximum absolute atomic E-state index is 4.76. The molecule has 0 amide bonds. The minimum absolute atomic E-state index is 0.603. The lowest BCUT2D eigenvalue weighted by Crippen LogP contribution is -2.15. The fourth-order valence-corrected chi connectivity index (χ4v) is 2.54. The molecule has 22 heavy (non-hydrogen) atoms. The summed E-state index contributed by atoms with van der Waals surface area (Å²) in [5.74, 6) is 1.26. The van der Waals surface area contributed by atoms with Crippen LogP contribution >= 0.6 is 0 Å². The summed E-state index contributed by atoms with van der Waals surface area (Å²) >= 11 is 0. The molecule has 0 aliphatic heterocycles. The van der Waals surface area contributed by atoms with Crippen LogP contribution in [0.3, 0.4) is 0 Å². The summed E-state index contributed by atoms with van der Waals surface area (Å²) < 4.78 is 0. The third-order valence-corrected chi connectivity index (χ3v) is 3.87. The second-order valence-corrected chi connectivity index (χ2v) is 5.98. The highest BCUT2D eigenvalue weighted by molar-refractivity contribution is 5.66. The molecule has 0 unspecified atom stereocenters. The fraction of sp³-hybridized carbons (Fsp3) is 0.389. The molecule has 0 bridgehead atoms. The smallest absolute Gasteiger partial charge is 0.216 e. The van der Waals surface area contributed by atoms with Crippen molar-refractivity contribution in [1.82, 2.24) is 9.97 Å². The van der Waals surface area contributed by atoms with Crippen LogP contribution in [0.1, 0.15) is 48.2 Å². The monoisotopic (exact) mass is 294 g/mol. The third kappa shape index (κ3) is 3.01. The molecule has 1 aliphatic rings. The Kier molecular flexibility index (Phi) is 3.92. The van der Waals surface area contributed by atoms with Gasteiger partial charge < -0.3 is 0 Å². The first-order valence-corrected chi connectivity index (χ1v) is 7.80. The van der Waals surface area contributed by atoms with Crippen LogP contribution in [0.15, 0.2) is 29.4 Å². The van der Waals surface area contributed by atoms with Gasteiger partial charge in [-0.1, -0.05) is 12.1 Å². The van der Waals surface area contributed by atoms with Crippen molar-refractivity contribution in [2.24, 2.45) is 5.10 Å². The van der Waals surface area contributed by atoms with Crippen molar-refractivity contribution in [1.29, 1.82) is 0 Å². The van der Waals surface area contributed by atoms with Crippen molar-refractivity contribution in [3.05, 3.63) is 46.8 Å². The second-order valence-electron chi connectivity index (χ2n) is 5.98. The first kappa shape index (κ1) is 14.7. The molecule has 1 aromatic carbocycles. The number of aromatic nitrogens is 2. The van der Waals surface area contributed by atoms with Crippen molar-refractivity contribution < 1.29 is 0 Å². The van der Waals surface area contributed by atoms with Gasteiger partial charge in [0.2, 0.25) is 0 Å². The number of rotatable bonds is 4. The van der Waals surface area contributed by atoms with Crippen LogP contribution in [0.4, 0.5) is 11.6 Å². The van der Waals surface area contributed by atoms with Crippen molar-refractivity contribution >= 4 is 17.9 Å². The van der Waals surface area contributed by atoms with E-state index < -0.39 is 0 Å². The Morgan fingerprint density at radius 2 is 1.91 bits per heavy atom. The highest BCUT2D eigenvalue weighted by Crippen LogP contribution is 2.40. The van der Waals surface area contributed by atoms with E-state index in [4.69, 9.17) is 4.98 Å². The van der Waals surface area contributed by atoms with E-state index in [9.17, 15) is 0 Å². The van der Waals surface area contributed by atoms with Crippen LogP contribution in [-0.2, 0) is 0 Å². The predicted molar refractivity (Wildman–Crippen MR) is 91.0 cm³/mol. The van der Waals surface area contributed by atoms with Gasteiger partial charge in [0.05, 0.1) is 5.69 Å². The summed E-state index contributed by atoms with van der Waals surface area (Å²) in [4.78, 5) is 9.37. The zero-order valence-electron chi connectivity index (χ0n) is 13.7. The first-order chi connectivity index (χ1) is 10.6. The Morgan fingerprint density at radius 1 is 1.14 bits per heavy atom. The van der Waals surface area contributed by atoms with Gasteiger partial charge in [0.1, 0.15) is 0 Å². The maximum atomic E-state index is 4.76. The Bertz CT molecular complexity index is 717. The summed E-state index contributed by atoms with van der Waals surface area (Å²) in [5, 5.41) is 6.36. The number of hydrogen-bond acceptors (Lipinski definition) is 4. The number of anilines is 2. The van der Waals surface area contributed by atoms with Gasteiger partial charge in [-0.3, -0.25) is 0 Å². The summed E-state index contributed by atoms with van der Waals surface area (Å²) in [6.45, 7) is 8.11. The Balaban J connectivity index is 2.09. The van der Waals surface area contributed by atoms with Crippen LogP contribution in [0.5, 0.6) is 0 Å². The van der Waals surface area contributed by atoms with Gasteiger partial charge in [0.25, 0.3) is 5.95 Å². The van der Waals surface area contributed by atoms with Gasteiger partial charge in [-0.25, -0.2) is 9.97 Å². The van der Waals surface area contributed by atoms with Gasteiger partial charge in [-0.05, 0) is 63.8 Å². The third-order valence-electron chi connectivity index (χ3n) is 3.87. The number of hydrogen-bond donors (Lipinski definition) is 0. The van der Waals surface area contributed by atoms with E-state index in [0.29, 0.717) is 11.9 Å². The SMILES string of the molecule is CC=NN(c1nc(C)cc(C2CC2)n1)c1cc(C)ccc1C. The summed E-state index contributed by atoms with van der Waals surface area (Å²) in [5.41, 5.74) is 5.53. The molecule has 0 N–H and O–H groups in total. The molecule has 1 fully saturated rings. The second kappa shape index (κ2) is 5.87. The molecule has 3 rings (SSSR count). The molecule has 1 saturated carbocycles. The Morgan fingerprint density at radius 3 is 2.59 bits per heavy atom. The summed E-state index contributed by atoms with van der Waals surface area (Å²) in [6, 6.07) is 8.45. The molecule has 0 saturated heterocycles. The molecule has 114 valence electrons. The fourth-order valence-electron chi connectivity index (χ4n) is 2.54. The molecule has 0 atom stereocenters. The van der Waals surface area contributed by atoms with Gasteiger partial charge in [0.15, 0.2) is 0 Å². The minimum Gasteiger partial charge on any atom is -0.216 e. The van der Waals surface area contributed by atoms with Crippen LogP contribution in [0.2, 0.25) is 0 Å². The first-order valence-electron chi connectivity index (χ1n) is 7.80. The number of aryl methyl sites for hydroxylation is 3. The van der Waals surface area contributed by atoms with Crippen molar-refractivity contribution in [3.8, 4) is 0 Å². The van der Waals surface area contributed by atoms with E-state index in [2.05, 4.69) is 48.2 Å². The lowest BCUT2D eigenvalue weighted by Gasteiger charge is -2.20. The maximum Gasteiger partial charge on any atom is 0.251 e. The number of benzene rings is 1. The van der Waals surface area contributed by atoms with E-state index in [1.54, 1.807) is 6.21 Å². The van der Waals surface area contributed by atoms with Gasteiger partial charge in [0, 0.05) is 23.5 Å². The van der Waals surface area contributed by atoms with E-state index in [-0.39, 0.29) is 0 Å². The predicted octanol–water partition coefficient (Wildman–Crippen LogP) is 4.42. The highest BCUT2D eigenvalue weighted by atomic mass is 15.5. The van der Waals surface area contributed by atoms with E-state index in [0.717, 1.165) is 22.6 Å². The standard InChI is InChI=1S/C18H22N4/c1-5-19-22(17-10-12(2)6-7-13(17)3)18-20-14(4)11-16(21-18)15-8-9-15/h5-7,10-11,15H,8-9H2,1-4H3. The van der Waals surface area contributed by atoms with Crippen molar-refractivity contribution in [2.75, 3.05) is 5.01 Å². The molecule has 0 spiro atoms. The molecule has 1 aliphatic carbocycles. The Hall–Kier alpha value is -2.23. The highest BCUT2D eigenvalue weighted by Gasteiger charge is 2.27. The van der Waals surface area contributed by atoms with Gasteiger partial charge in [-0.2, -0.15) is 10.1 Å². The average Bonchev–Trinajstić information content (AvgIpc) is 3.31. The topological polar surface area (TPSA) is 41.4 Å². The molecule has 1 heterocycles. The van der Waals surface area contributed by atoms with E-state index in [1.807, 2.05) is 18.9 Å². The van der Waals surface area contributed by atoms with Crippen LogP contribution in [0.25, 0.3) is 0 Å². The van der Waals surface area contributed by atoms with Gasteiger partial charge >= 0.3 is 0 Å². The van der Waals surface area contributed by atoms with E-state index in [1.165, 1.54) is 18.4 Å². The zero-order chi connectivity index (χ0) is 15.7. The molecular formula is C18H22N4. The zero-order valence-corrected chi connectivity index (χ0v) is 13.7. The summed E-state index contributed by atoms with van der Waals surface area (Å²) in [7, 11) is 0. The number of nitrogens with zero attached hydrogens (tertiary/aromatic N) is 4. The average molecular weight is 294 g/mol. The molecular weight excluding hydrogens is 272 g/mol. The minimum atomic E-state index is 0.603. The molecule has 0 radical (unpaired) electrons. The number of hydrazone groups is 1. The summed E-state index contributed by atoms with van der Waals surface area (Å²) in [6.07, 6.45) is 4.25.